The van der Waals surface area contributed by atoms with Crippen LogP contribution in [-0.4, -0.2) is 0 Å². The zero-order valence-corrected chi connectivity index (χ0v) is 21.8. The summed E-state index contributed by atoms with van der Waals surface area (Å²) in [6.07, 6.45) is 16.4. The van der Waals surface area contributed by atoms with E-state index in [4.69, 9.17) is 11.6 Å². The Balaban J connectivity index is 1.29. The van der Waals surface area contributed by atoms with E-state index in [9.17, 15) is 0 Å². The quantitative estimate of drug-likeness (QED) is 0.207. The highest BCUT2D eigenvalue weighted by molar-refractivity contribution is 6.30. The lowest BCUT2D eigenvalue weighted by molar-refractivity contribution is 0.249. The zero-order chi connectivity index (χ0) is 24.5. The summed E-state index contributed by atoms with van der Waals surface area (Å²) in [5.74, 6) is 7.60. The van der Waals surface area contributed by atoms with Crippen LogP contribution in [0.4, 0.5) is 4.39 Å². The Labute approximate surface area is 216 Å². The average molecular weight is 489 g/mol. The van der Waals surface area contributed by atoms with Gasteiger partial charge in [0.05, 0.1) is 5.56 Å². The molecular weight excluding hydrogens is 451 g/mol. The first kappa shape index (κ1) is 25.8. The summed E-state index contributed by atoms with van der Waals surface area (Å²) in [5.41, 5.74) is 2.57. The third kappa shape index (κ3) is 7.59. The molecule has 2 heteroatoms. The number of aryl methyl sites for hydroxylation is 1. The van der Waals surface area contributed by atoms with Crippen LogP contribution >= 0.6 is 11.6 Å². The van der Waals surface area contributed by atoms with E-state index >= 15 is 4.39 Å². The summed E-state index contributed by atoms with van der Waals surface area (Å²) in [7, 11) is 0. The van der Waals surface area contributed by atoms with E-state index < -0.39 is 0 Å². The summed E-state index contributed by atoms with van der Waals surface area (Å²) in [6.45, 7) is 2.29. The largest absolute Gasteiger partial charge is 0.205 e. The van der Waals surface area contributed by atoms with Crippen molar-refractivity contribution in [2.75, 3.05) is 0 Å². The monoisotopic (exact) mass is 488 g/mol. The van der Waals surface area contributed by atoms with E-state index in [-0.39, 0.29) is 5.82 Å². The minimum atomic E-state index is -0.233. The molecule has 0 spiro atoms. The molecular formula is C33H38ClF. The Morgan fingerprint density at radius 1 is 0.800 bits per heavy atom. The van der Waals surface area contributed by atoms with Gasteiger partial charge in [0.15, 0.2) is 0 Å². The molecule has 0 N–H and O–H groups in total. The molecule has 0 atom stereocenters. The van der Waals surface area contributed by atoms with Crippen LogP contribution in [0.1, 0.15) is 94.2 Å². The zero-order valence-electron chi connectivity index (χ0n) is 21.1. The van der Waals surface area contributed by atoms with Crippen molar-refractivity contribution in [3.8, 4) is 11.8 Å². The number of halogens is 2. The molecule has 0 radical (unpaired) electrons. The topological polar surface area (TPSA) is 0 Å². The third-order valence-corrected chi connectivity index (χ3v) is 7.98. The predicted molar refractivity (Wildman–Crippen MR) is 148 cm³/mol. The van der Waals surface area contributed by atoms with Gasteiger partial charge in [-0.15, -0.1) is 0 Å². The first-order chi connectivity index (χ1) is 17.1. The second-order valence-corrected chi connectivity index (χ2v) is 10.8. The molecule has 0 aromatic heterocycles. The Morgan fingerprint density at radius 2 is 1.51 bits per heavy atom. The van der Waals surface area contributed by atoms with Gasteiger partial charge in [-0.2, -0.15) is 0 Å². The first-order valence-corrected chi connectivity index (χ1v) is 14.0. The highest BCUT2D eigenvalue weighted by Gasteiger charge is 2.20. The minimum absolute atomic E-state index is 0.233. The molecule has 0 amide bonds. The van der Waals surface area contributed by atoms with Gasteiger partial charge in [-0.25, -0.2) is 4.39 Å². The Bertz CT molecular complexity index is 1140. The van der Waals surface area contributed by atoms with E-state index in [1.807, 2.05) is 24.3 Å². The molecule has 4 rings (SSSR count). The number of unbranched alkanes of at least 4 members (excludes halogenated alkanes) is 4. The van der Waals surface area contributed by atoms with Gasteiger partial charge < -0.3 is 0 Å². The van der Waals surface area contributed by atoms with Gasteiger partial charge >= 0.3 is 0 Å². The standard InChI is InChI=1S/C33H38ClF/c1-2-3-4-5-6-7-25-8-10-26(11-9-25)12-13-28-17-23-32-30(24-28)20-19-29(33(32)35)18-14-27-15-21-31(34)22-16-27/h15-17,19-26H,2-13H2,1H3. The lowest BCUT2D eigenvalue weighted by Crippen LogP contribution is -2.15. The molecule has 184 valence electrons. The van der Waals surface area contributed by atoms with Crippen LogP contribution in [-0.2, 0) is 6.42 Å². The SMILES string of the molecule is CCCCCCCC1CCC(CCc2ccc3c(F)c(C#Cc4ccc(Cl)cc4)ccc3c2)CC1. The lowest BCUT2D eigenvalue weighted by atomic mass is 9.77. The van der Waals surface area contributed by atoms with Crippen LogP contribution in [0.5, 0.6) is 0 Å². The van der Waals surface area contributed by atoms with Crippen molar-refractivity contribution in [1.82, 2.24) is 0 Å². The van der Waals surface area contributed by atoms with E-state index in [1.54, 1.807) is 18.2 Å². The van der Waals surface area contributed by atoms with Crippen molar-refractivity contribution in [2.24, 2.45) is 11.8 Å². The molecule has 1 fully saturated rings. The predicted octanol–water partition coefficient (Wildman–Crippen LogP) is 10.1. The second-order valence-electron chi connectivity index (χ2n) is 10.4. The van der Waals surface area contributed by atoms with Crippen molar-refractivity contribution in [1.29, 1.82) is 0 Å². The van der Waals surface area contributed by atoms with E-state index in [0.29, 0.717) is 16.0 Å². The van der Waals surface area contributed by atoms with Crippen molar-refractivity contribution in [2.45, 2.75) is 84.0 Å². The van der Waals surface area contributed by atoms with E-state index in [0.717, 1.165) is 29.2 Å². The third-order valence-electron chi connectivity index (χ3n) is 7.73. The number of benzene rings is 3. The van der Waals surface area contributed by atoms with Gasteiger partial charge in [0.25, 0.3) is 0 Å². The Hall–Kier alpha value is -2.30. The number of rotatable bonds is 9. The molecule has 1 aliphatic carbocycles. The molecule has 0 nitrogen and oxygen atoms in total. The fraction of sp³-hybridized carbons (Fsp3) is 0.455. The Morgan fingerprint density at radius 3 is 2.26 bits per heavy atom. The molecule has 35 heavy (non-hydrogen) atoms. The molecule has 0 saturated heterocycles. The smallest absolute Gasteiger partial charge is 0.146 e. The van der Waals surface area contributed by atoms with Gasteiger partial charge in [0, 0.05) is 16.0 Å². The van der Waals surface area contributed by atoms with Crippen LogP contribution in [0.2, 0.25) is 5.02 Å². The number of hydrogen-bond donors (Lipinski definition) is 0. The molecule has 0 bridgehead atoms. The van der Waals surface area contributed by atoms with Gasteiger partial charge in [-0.05, 0) is 66.0 Å². The number of hydrogen-bond acceptors (Lipinski definition) is 0. The van der Waals surface area contributed by atoms with Gasteiger partial charge in [0.1, 0.15) is 5.82 Å². The van der Waals surface area contributed by atoms with Crippen molar-refractivity contribution >= 4 is 22.4 Å². The Kier molecular flexibility index (Phi) is 9.67. The molecule has 0 aliphatic heterocycles. The normalized spacial score (nSPS) is 17.8. The maximum atomic E-state index is 15.1. The molecule has 0 unspecified atom stereocenters. The van der Waals surface area contributed by atoms with Crippen LogP contribution in [0.15, 0.2) is 54.6 Å². The summed E-state index contributed by atoms with van der Waals surface area (Å²) in [5, 5.41) is 2.28. The highest BCUT2D eigenvalue weighted by atomic mass is 35.5. The molecule has 3 aromatic carbocycles. The van der Waals surface area contributed by atoms with Crippen molar-refractivity contribution in [3.63, 3.8) is 0 Å². The first-order valence-electron chi connectivity index (χ1n) is 13.6. The summed E-state index contributed by atoms with van der Waals surface area (Å²) >= 11 is 5.93. The molecule has 0 heterocycles. The molecule has 3 aromatic rings. The van der Waals surface area contributed by atoms with Crippen LogP contribution in [0.3, 0.4) is 0 Å². The summed E-state index contributed by atoms with van der Waals surface area (Å²) < 4.78 is 15.1. The average Bonchev–Trinajstić information content (AvgIpc) is 2.88. The van der Waals surface area contributed by atoms with Crippen LogP contribution in [0.25, 0.3) is 10.8 Å². The minimum Gasteiger partial charge on any atom is -0.205 e. The van der Waals surface area contributed by atoms with Crippen LogP contribution < -0.4 is 0 Å². The fourth-order valence-corrected chi connectivity index (χ4v) is 5.61. The van der Waals surface area contributed by atoms with Crippen molar-refractivity contribution in [3.05, 3.63) is 82.1 Å². The summed E-state index contributed by atoms with van der Waals surface area (Å²) in [4.78, 5) is 0. The highest BCUT2D eigenvalue weighted by Crippen LogP contribution is 2.34. The van der Waals surface area contributed by atoms with E-state index in [2.05, 4.69) is 30.9 Å². The maximum absolute atomic E-state index is 15.1. The van der Waals surface area contributed by atoms with Crippen LogP contribution in [0, 0.1) is 29.5 Å². The molecule has 1 saturated carbocycles. The van der Waals surface area contributed by atoms with Crippen molar-refractivity contribution < 1.29 is 4.39 Å². The molecule has 1 aliphatic rings. The lowest BCUT2D eigenvalue weighted by Gasteiger charge is -2.28. The van der Waals surface area contributed by atoms with Gasteiger partial charge in [0.2, 0.25) is 0 Å². The van der Waals surface area contributed by atoms with E-state index in [1.165, 1.54) is 76.2 Å². The number of fused-ring (bicyclic) bond motifs is 1. The fourth-order valence-electron chi connectivity index (χ4n) is 5.48. The van der Waals surface area contributed by atoms with Gasteiger partial charge in [-0.3, -0.25) is 0 Å². The summed E-state index contributed by atoms with van der Waals surface area (Å²) in [6, 6.07) is 17.3. The second kappa shape index (κ2) is 13.1. The maximum Gasteiger partial charge on any atom is 0.146 e. The van der Waals surface area contributed by atoms with Gasteiger partial charge in [-0.1, -0.05) is 119 Å².